The molecule has 6 heteroatoms. The van der Waals surface area contributed by atoms with Gasteiger partial charge in [0.25, 0.3) is 0 Å². The predicted molar refractivity (Wildman–Crippen MR) is 139 cm³/mol. The predicted octanol–water partition coefficient (Wildman–Crippen LogP) is 6.09. The standard InChI is InChI=1S/C29H29ClN2O3/c1-3-20-18-32-15-13-21(20)16-27(32)29(35-28(33)11-6-19-4-7-22(30)8-5-19)24-12-14-31-26-10-9-23(34-2)17-25(24)26/h3-12,14,17,20-21,27,29H,1,13,15-16,18H2,2H3/b11-6-/t20-,21+,27-,29-/m1/s1. The van der Waals surface area contributed by atoms with E-state index in [0.717, 1.165) is 53.7 Å². The Bertz CT molecular complexity index is 1260. The van der Waals surface area contributed by atoms with Crippen molar-refractivity contribution in [1.29, 1.82) is 0 Å². The van der Waals surface area contributed by atoms with Gasteiger partial charge in [-0.1, -0.05) is 29.8 Å². The first-order chi connectivity index (χ1) is 17.1. The monoisotopic (exact) mass is 488 g/mol. The molecular weight excluding hydrogens is 460 g/mol. The number of halogens is 1. The van der Waals surface area contributed by atoms with Crippen molar-refractivity contribution in [2.75, 3.05) is 20.2 Å². The van der Waals surface area contributed by atoms with E-state index in [1.807, 2.05) is 36.4 Å². The number of methoxy groups -OCH3 is 1. The van der Waals surface area contributed by atoms with Gasteiger partial charge in [-0.15, -0.1) is 6.58 Å². The van der Waals surface area contributed by atoms with Gasteiger partial charge in [0.05, 0.1) is 18.7 Å². The Hall–Kier alpha value is -3.15. The van der Waals surface area contributed by atoms with Crippen LogP contribution in [0.4, 0.5) is 0 Å². The number of carbonyl (C=O) groups excluding carboxylic acids is 1. The number of piperidine rings is 3. The van der Waals surface area contributed by atoms with Crippen LogP contribution in [0.25, 0.3) is 17.0 Å². The number of ether oxygens (including phenoxy) is 2. The van der Waals surface area contributed by atoms with Crippen LogP contribution in [0.3, 0.4) is 0 Å². The quantitative estimate of drug-likeness (QED) is 0.229. The van der Waals surface area contributed by atoms with E-state index in [9.17, 15) is 4.79 Å². The second kappa shape index (κ2) is 10.2. The van der Waals surface area contributed by atoms with E-state index in [0.29, 0.717) is 16.9 Å². The summed E-state index contributed by atoms with van der Waals surface area (Å²) in [7, 11) is 1.65. The minimum Gasteiger partial charge on any atom is -0.497 e. The van der Waals surface area contributed by atoms with Gasteiger partial charge in [0, 0.05) is 34.8 Å². The largest absolute Gasteiger partial charge is 0.497 e. The zero-order valence-electron chi connectivity index (χ0n) is 19.8. The Morgan fingerprint density at radius 1 is 1.23 bits per heavy atom. The first-order valence-electron chi connectivity index (χ1n) is 12.0. The number of aromatic nitrogens is 1. The molecule has 5 atom stereocenters. The Kier molecular flexibility index (Phi) is 6.89. The summed E-state index contributed by atoms with van der Waals surface area (Å²) < 4.78 is 11.7. The van der Waals surface area contributed by atoms with Crippen LogP contribution in [0.1, 0.15) is 30.1 Å². The average molecular weight is 489 g/mol. The molecule has 3 fully saturated rings. The minimum absolute atomic E-state index is 0.0923. The number of pyridine rings is 1. The summed E-state index contributed by atoms with van der Waals surface area (Å²) in [5, 5.41) is 1.60. The average Bonchev–Trinajstić information content (AvgIpc) is 2.91. The molecule has 0 saturated carbocycles. The van der Waals surface area contributed by atoms with E-state index in [1.165, 1.54) is 6.08 Å². The highest BCUT2D eigenvalue weighted by atomic mass is 35.5. The molecule has 4 heterocycles. The van der Waals surface area contributed by atoms with Crippen molar-refractivity contribution >= 4 is 34.5 Å². The summed E-state index contributed by atoms with van der Waals surface area (Å²) in [5.74, 6) is 1.41. The number of hydrogen-bond donors (Lipinski definition) is 0. The summed E-state index contributed by atoms with van der Waals surface area (Å²) in [6.45, 7) is 5.99. The van der Waals surface area contributed by atoms with Crippen molar-refractivity contribution in [3.05, 3.63) is 89.6 Å². The maximum absolute atomic E-state index is 13.1. The van der Waals surface area contributed by atoms with Crippen molar-refractivity contribution < 1.29 is 14.3 Å². The number of carbonyl (C=O) groups is 1. The van der Waals surface area contributed by atoms with Crippen LogP contribution >= 0.6 is 11.6 Å². The van der Waals surface area contributed by atoms with E-state index in [4.69, 9.17) is 21.1 Å². The van der Waals surface area contributed by atoms with Gasteiger partial charge in [0.15, 0.2) is 0 Å². The van der Waals surface area contributed by atoms with Crippen molar-refractivity contribution in [3.63, 3.8) is 0 Å². The third-order valence-corrected chi connectivity index (χ3v) is 7.57. The van der Waals surface area contributed by atoms with Crippen LogP contribution in [0.15, 0.2) is 73.5 Å². The molecule has 3 aliphatic heterocycles. The van der Waals surface area contributed by atoms with Crippen LogP contribution in [0.2, 0.25) is 5.02 Å². The van der Waals surface area contributed by atoms with Crippen molar-refractivity contribution in [2.45, 2.75) is 25.0 Å². The molecular formula is C29H29ClN2O3. The number of nitrogens with zero attached hydrogens (tertiary/aromatic N) is 2. The highest BCUT2D eigenvalue weighted by Gasteiger charge is 2.44. The molecule has 6 rings (SSSR count). The van der Waals surface area contributed by atoms with E-state index in [-0.39, 0.29) is 12.0 Å². The molecule has 3 aromatic rings. The first kappa shape index (κ1) is 23.6. The number of hydrogen-bond acceptors (Lipinski definition) is 5. The van der Waals surface area contributed by atoms with E-state index >= 15 is 0 Å². The van der Waals surface area contributed by atoms with E-state index in [2.05, 4.69) is 22.5 Å². The molecule has 1 aromatic heterocycles. The molecule has 3 aliphatic rings. The van der Waals surface area contributed by atoms with Gasteiger partial charge < -0.3 is 9.47 Å². The van der Waals surface area contributed by atoms with Crippen LogP contribution < -0.4 is 4.74 Å². The second-order valence-electron chi connectivity index (χ2n) is 9.27. The SMILES string of the molecule is C=C[C@@H]1CN2CC[C@H]1C[C@@H]2[C@H](OC(=O)/C=C\c1ccc(Cl)cc1)c1ccnc2ccc(OC)cc12. The Labute approximate surface area is 211 Å². The van der Waals surface area contributed by atoms with Gasteiger partial charge in [-0.3, -0.25) is 9.88 Å². The van der Waals surface area contributed by atoms with Gasteiger partial charge in [-0.25, -0.2) is 4.79 Å². The van der Waals surface area contributed by atoms with Crippen molar-refractivity contribution in [3.8, 4) is 5.75 Å². The Balaban J connectivity index is 1.49. The fourth-order valence-electron chi connectivity index (χ4n) is 5.47. The normalized spacial score (nSPS) is 24.4. The minimum atomic E-state index is -0.427. The van der Waals surface area contributed by atoms with Crippen molar-refractivity contribution in [1.82, 2.24) is 9.88 Å². The van der Waals surface area contributed by atoms with E-state index < -0.39 is 6.10 Å². The lowest BCUT2D eigenvalue weighted by atomic mass is 9.73. The Morgan fingerprint density at radius 3 is 2.77 bits per heavy atom. The molecule has 180 valence electrons. The lowest BCUT2D eigenvalue weighted by molar-refractivity contribution is -0.151. The van der Waals surface area contributed by atoms with Crippen LogP contribution in [-0.4, -0.2) is 42.1 Å². The van der Waals surface area contributed by atoms with Gasteiger partial charge in [0.1, 0.15) is 11.9 Å². The molecule has 35 heavy (non-hydrogen) atoms. The third kappa shape index (κ3) is 4.97. The zero-order valence-corrected chi connectivity index (χ0v) is 20.5. The third-order valence-electron chi connectivity index (χ3n) is 7.32. The van der Waals surface area contributed by atoms with E-state index in [1.54, 1.807) is 31.5 Å². The Morgan fingerprint density at radius 2 is 2.06 bits per heavy atom. The summed E-state index contributed by atoms with van der Waals surface area (Å²) in [5.41, 5.74) is 2.69. The fraction of sp³-hybridized carbons (Fsp3) is 0.310. The molecule has 0 aliphatic carbocycles. The van der Waals surface area contributed by atoms with Crippen molar-refractivity contribution in [2.24, 2.45) is 11.8 Å². The zero-order chi connectivity index (χ0) is 24.4. The number of benzene rings is 2. The van der Waals surface area contributed by atoms with Gasteiger partial charge in [-0.2, -0.15) is 0 Å². The molecule has 0 spiro atoms. The smallest absolute Gasteiger partial charge is 0.331 e. The van der Waals surface area contributed by atoms with Gasteiger partial charge >= 0.3 is 5.97 Å². The van der Waals surface area contributed by atoms with Crippen LogP contribution in [-0.2, 0) is 9.53 Å². The topological polar surface area (TPSA) is 51.7 Å². The van der Waals surface area contributed by atoms with Crippen LogP contribution in [0.5, 0.6) is 5.75 Å². The van der Waals surface area contributed by atoms with Gasteiger partial charge in [-0.05, 0) is 79.3 Å². The number of esters is 1. The first-order valence-corrected chi connectivity index (χ1v) is 12.4. The molecule has 0 N–H and O–H groups in total. The summed E-state index contributed by atoms with van der Waals surface area (Å²) in [6, 6.07) is 15.2. The molecule has 5 nitrogen and oxygen atoms in total. The highest BCUT2D eigenvalue weighted by Crippen LogP contribution is 2.43. The molecule has 2 bridgehead atoms. The molecule has 3 saturated heterocycles. The lowest BCUT2D eigenvalue weighted by Crippen LogP contribution is -2.55. The summed E-state index contributed by atoms with van der Waals surface area (Å²) >= 11 is 5.98. The van der Waals surface area contributed by atoms with Gasteiger partial charge in [0.2, 0.25) is 0 Å². The molecule has 0 radical (unpaired) electrons. The maximum atomic E-state index is 13.1. The second-order valence-corrected chi connectivity index (χ2v) is 9.71. The van der Waals surface area contributed by atoms with Crippen LogP contribution in [0, 0.1) is 11.8 Å². The maximum Gasteiger partial charge on any atom is 0.331 e. The molecule has 2 aromatic carbocycles. The fourth-order valence-corrected chi connectivity index (χ4v) is 5.59. The highest BCUT2D eigenvalue weighted by molar-refractivity contribution is 6.30. The molecule has 1 unspecified atom stereocenters. The summed E-state index contributed by atoms with van der Waals surface area (Å²) in [4.78, 5) is 20.1. The lowest BCUT2D eigenvalue weighted by Gasteiger charge is -2.51. The number of fused-ring (bicyclic) bond motifs is 4. The summed E-state index contributed by atoms with van der Waals surface area (Å²) in [6.07, 6.45) is 8.79. The number of rotatable bonds is 7. The molecule has 0 amide bonds.